The van der Waals surface area contributed by atoms with Crippen LogP contribution in [0.25, 0.3) is 6.08 Å². The Balaban J connectivity index is 2.97. The second-order valence-electron chi connectivity index (χ2n) is 4.32. The number of hydrogen-bond donors (Lipinski definition) is 2. The Morgan fingerprint density at radius 1 is 1.29 bits per heavy atom. The van der Waals surface area contributed by atoms with Crippen molar-refractivity contribution in [2.24, 2.45) is 0 Å². The molecule has 0 spiro atoms. The van der Waals surface area contributed by atoms with Crippen molar-refractivity contribution in [3.63, 3.8) is 0 Å². The highest BCUT2D eigenvalue weighted by Crippen LogP contribution is 2.30. The molecule has 0 aliphatic carbocycles. The number of ether oxygens (including phenoxy) is 2. The van der Waals surface area contributed by atoms with Crippen molar-refractivity contribution in [3.8, 4) is 11.5 Å². The first kappa shape index (κ1) is 16.6. The minimum Gasteiger partial charge on any atom is -0.493 e. The fraction of sp³-hybridized carbons (Fsp3) is 0.333. The zero-order chi connectivity index (χ0) is 15.8. The summed E-state index contributed by atoms with van der Waals surface area (Å²) in [5.74, 6) is -1.42. The van der Waals surface area contributed by atoms with Gasteiger partial charge in [-0.2, -0.15) is 0 Å². The standard InChI is InChI=1S/C15H18O6/c1-3-4-12(15(18)19)21-11-7-5-10(6-8-14(16)17)9-13(11)20-2/h5-9,12H,3-4H2,1-2H3,(H,16,17)(H,18,19)/b8-6+. The van der Waals surface area contributed by atoms with Crippen molar-refractivity contribution in [3.05, 3.63) is 29.8 Å². The second kappa shape index (κ2) is 7.94. The summed E-state index contributed by atoms with van der Waals surface area (Å²) in [6, 6.07) is 4.77. The van der Waals surface area contributed by atoms with Crippen LogP contribution in [-0.2, 0) is 9.59 Å². The number of hydrogen-bond acceptors (Lipinski definition) is 4. The molecule has 21 heavy (non-hydrogen) atoms. The molecule has 1 unspecified atom stereocenters. The van der Waals surface area contributed by atoms with Crippen LogP contribution >= 0.6 is 0 Å². The van der Waals surface area contributed by atoms with Crippen LogP contribution in [-0.4, -0.2) is 35.4 Å². The van der Waals surface area contributed by atoms with Gasteiger partial charge in [0, 0.05) is 6.08 Å². The van der Waals surface area contributed by atoms with Crippen LogP contribution in [0.3, 0.4) is 0 Å². The van der Waals surface area contributed by atoms with Gasteiger partial charge in [-0.3, -0.25) is 0 Å². The number of carbonyl (C=O) groups is 2. The lowest BCUT2D eigenvalue weighted by Crippen LogP contribution is -2.26. The van der Waals surface area contributed by atoms with E-state index in [1.165, 1.54) is 13.2 Å². The molecule has 6 heteroatoms. The molecule has 0 radical (unpaired) electrons. The van der Waals surface area contributed by atoms with Gasteiger partial charge in [0.1, 0.15) is 0 Å². The van der Waals surface area contributed by atoms with Gasteiger partial charge in [-0.15, -0.1) is 0 Å². The molecule has 0 heterocycles. The molecule has 0 saturated carbocycles. The summed E-state index contributed by atoms with van der Waals surface area (Å²) < 4.78 is 10.6. The molecule has 1 aromatic carbocycles. The van der Waals surface area contributed by atoms with E-state index in [-0.39, 0.29) is 0 Å². The van der Waals surface area contributed by atoms with Crippen LogP contribution in [0.4, 0.5) is 0 Å². The minimum absolute atomic E-state index is 0.311. The van der Waals surface area contributed by atoms with Crippen LogP contribution in [0.2, 0.25) is 0 Å². The summed E-state index contributed by atoms with van der Waals surface area (Å²) in [6.07, 6.45) is 2.55. The van der Waals surface area contributed by atoms with Crippen LogP contribution in [0.1, 0.15) is 25.3 Å². The van der Waals surface area contributed by atoms with Crippen LogP contribution in [0.15, 0.2) is 24.3 Å². The number of rotatable bonds is 8. The Morgan fingerprint density at radius 2 is 2.00 bits per heavy atom. The number of benzene rings is 1. The number of aliphatic carboxylic acids is 2. The van der Waals surface area contributed by atoms with Crippen LogP contribution < -0.4 is 9.47 Å². The van der Waals surface area contributed by atoms with Crippen LogP contribution in [0.5, 0.6) is 11.5 Å². The van der Waals surface area contributed by atoms with Crippen molar-refractivity contribution >= 4 is 18.0 Å². The fourth-order valence-electron chi connectivity index (χ4n) is 1.70. The molecule has 114 valence electrons. The van der Waals surface area contributed by atoms with E-state index in [0.29, 0.717) is 29.9 Å². The lowest BCUT2D eigenvalue weighted by molar-refractivity contribution is -0.145. The molecular formula is C15H18O6. The first-order chi connectivity index (χ1) is 9.97. The molecule has 0 saturated heterocycles. The smallest absolute Gasteiger partial charge is 0.344 e. The molecule has 0 aliphatic rings. The summed E-state index contributed by atoms with van der Waals surface area (Å²) in [5.41, 5.74) is 0.615. The Bertz CT molecular complexity index is 535. The summed E-state index contributed by atoms with van der Waals surface area (Å²) in [6.45, 7) is 1.87. The van der Waals surface area contributed by atoms with Gasteiger partial charge in [0.25, 0.3) is 0 Å². The van der Waals surface area contributed by atoms with Crippen LogP contribution in [0, 0.1) is 0 Å². The summed E-state index contributed by atoms with van der Waals surface area (Å²) in [7, 11) is 1.43. The zero-order valence-corrected chi connectivity index (χ0v) is 11.9. The van der Waals surface area contributed by atoms with E-state index in [9.17, 15) is 9.59 Å². The Kier molecular flexibility index (Phi) is 6.26. The van der Waals surface area contributed by atoms with Gasteiger partial charge in [0.15, 0.2) is 17.6 Å². The van der Waals surface area contributed by atoms with E-state index in [2.05, 4.69) is 0 Å². The molecule has 1 atom stereocenters. The number of methoxy groups -OCH3 is 1. The first-order valence-electron chi connectivity index (χ1n) is 6.46. The quantitative estimate of drug-likeness (QED) is 0.715. The third-order valence-electron chi connectivity index (χ3n) is 2.70. The van der Waals surface area contributed by atoms with Crippen molar-refractivity contribution in [2.75, 3.05) is 7.11 Å². The lowest BCUT2D eigenvalue weighted by atomic mass is 10.1. The van der Waals surface area contributed by atoms with Gasteiger partial charge in [0.2, 0.25) is 0 Å². The molecule has 0 amide bonds. The van der Waals surface area contributed by atoms with Gasteiger partial charge in [-0.1, -0.05) is 19.4 Å². The van der Waals surface area contributed by atoms with Crippen molar-refractivity contribution in [1.29, 1.82) is 0 Å². The van der Waals surface area contributed by atoms with Gasteiger partial charge in [-0.25, -0.2) is 9.59 Å². The Labute approximate surface area is 122 Å². The fourth-order valence-corrected chi connectivity index (χ4v) is 1.70. The monoisotopic (exact) mass is 294 g/mol. The first-order valence-corrected chi connectivity index (χ1v) is 6.46. The molecule has 6 nitrogen and oxygen atoms in total. The maximum absolute atomic E-state index is 11.1. The average molecular weight is 294 g/mol. The summed E-state index contributed by atoms with van der Waals surface area (Å²) in [5, 5.41) is 17.7. The third-order valence-corrected chi connectivity index (χ3v) is 2.70. The largest absolute Gasteiger partial charge is 0.493 e. The highest BCUT2D eigenvalue weighted by molar-refractivity contribution is 5.85. The SMILES string of the molecule is CCCC(Oc1ccc(/C=C/C(=O)O)cc1OC)C(=O)O. The Morgan fingerprint density at radius 3 is 2.52 bits per heavy atom. The van der Waals surface area contributed by atoms with Crippen molar-refractivity contribution < 1.29 is 29.3 Å². The van der Waals surface area contributed by atoms with Gasteiger partial charge >= 0.3 is 11.9 Å². The van der Waals surface area contributed by atoms with Crippen molar-refractivity contribution in [1.82, 2.24) is 0 Å². The zero-order valence-electron chi connectivity index (χ0n) is 11.9. The highest BCUT2D eigenvalue weighted by atomic mass is 16.5. The molecule has 0 fully saturated rings. The summed E-state index contributed by atoms with van der Waals surface area (Å²) >= 11 is 0. The highest BCUT2D eigenvalue weighted by Gasteiger charge is 2.20. The second-order valence-corrected chi connectivity index (χ2v) is 4.32. The molecule has 0 bridgehead atoms. The summed E-state index contributed by atoms with van der Waals surface area (Å²) in [4.78, 5) is 21.6. The molecule has 1 rings (SSSR count). The third kappa shape index (κ3) is 5.18. The lowest BCUT2D eigenvalue weighted by Gasteiger charge is -2.16. The molecule has 1 aromatic rings. The molecular weight excluding hydrogens is 276 g/mol. The van der Waals surface area contributed by atoms with E-state index in [4.69, 9.17) is 19.7 Å². The van der Waals surface area contributed by atoms with Gasteiger partial charge in [0.05, 0.1) is 7.11 Å². The number of carboxylic acid groups (broad SMARTS) is 2. The average Bonchev–Trinajstić information content (AvgIpc) is 2.45. The minimum atomic E-state index is -1.05. The van der Waals surface area contributed by atoms with E-state index in [1.54, 1.807) is 18.2 Å². The number of carboxylic acids is 2. The maximum atomic E-state index is 11.1. The van der Waals surface area contributed by atoms with Gasteiger partial charge in [-0.05, 0) is 30.2 Å². The predicted octanol–water partition coefficient (Wildman–Crippen LogP) is 2.43. The van der Waals surface area contributed by atoms with E-state index < -0.39 is 18.0 Å². The van der Waals surface area contributed by atoms with E-state index >= 15 is 0 Å². The normalized spacial score (nSPS) is 12.1. The molecule has 2 N–H and O–H groups in total. The topological polar surface area (TPSA) is 93.1 Å². The van der Waals surface area contributed by atoms with E-state index in [0.717, 1.165) is 6.08 Å². The van der Waals surface area contributed by atoms with Gasteiger partial charge < -0.3 is 19.7 Å². The van der Waals surface area contributed by atoms with E-state index in [1.807, 2.05) is 6.92 Å². The Hall–Kier alpha value is -2.50. The molecule has 0 aliphatic heterocycles. The molecule has 0 aromatic heterocycles. The van der Waals surface area contributed by atoms with Crippen molar-refractivity contribution in [2.45, 2.75) is 25.9 Å². The maximum Gasteiger partial charge on any atom is 0.344 e. The predicted molar refractivity (Wildman–Crippen MR) is 76.6 cm³/mol.